The van der Waals surface area contributed by atoms with Crippen molar-refractivity contribution in [3.05, 3.63) is 28.3 Å². The van der Waals surface area contributed by atoms with E-state index < -0.39 is 6.04 Å². The summed E-state index contributed by atoms with van der Waals surface area (Å²) in [4.78, 5) is 22.5. The van der Waals surface area contributed by atoms with Crippen LogP contribution in [0.4, 0.5) is 0 Å². The second-order valence-electron chi connectivity index (χ2n) is 5.00. The number of carbonyl (C=O) groups excluding carboxylic acids is 1. The van der Waals surface area contributed by atoms with Crippen LogP contribution >= 0.6 is 11.3 Å². The van der Waals surface area contributed by atoms with Crippen LogP contribution in [-0.2, 0) is 24.2 Å². The normalized spacial score (nSPS) is 12.3. The summed E-state index contributed by atoms with van der Waals surface area (Å²) < 4.78 is 5.14. The Balaban J connectivity index is 1.95. The van der Waals surface area contributed by atoms with Crippen molar-refractivity contribution in [3.63, 3.8) is 0 Å². The van der Waals surface area contributed by atoms with Gasteiger partial charge in [0.05, 0.1) is 23.8 Å². The molecule has 2 heterocycles. The van der Waals surface area contributed by atoms with Gasteiger partial charge in [0, 0.05) is 24.8 Å². The van der Waals surface area contributed by atoms with Crippen LogP contribution in [0, 0.1) is 0 Å². The highest BCUT2D eigenvalue weighted by atomic mass is 32.1. The van der Waals surface area contributed by atoms with Gasteiger partial charge in [-0.05, 0) is 13.3 Å². The molecule has 0 aromatic carbocycles. The Labute approximate surface area is 133 Å². The third-order valence-corrected chi connectivity index (χ3v) is 3.86. The molecular formula is C14H21N5O2S. The Kier molecular flexibility index (Phi) is 6.02. The predicted octanol–water partition coefficient (Wildman–Crippen LogP) is 1.40. The van der Waals surface area contributed by atoms with E-state index in [0.29, 0.717) is 31.2 Å². The molecule has 120 valence electrons. The Morgan fingerprint density at radius 3 is 2.95 bits per heavy atom. The Bertz CT molecular complexity index is 584. The zero-order chi connectivity index (χ0) is 15.9. The maximum Gasteiger partial charge on any atom is 0.240 e. The van der Waals surface area contributed by atoms with Gasteiger partial charge in [0.15, 0.2) is 5.82 Å². The first-order chi connectivity index (χ1) is 10.6. The second-order valence-corrected chi connectivity index (χ2v) is 5.72. The van der Waals surface area contributed by atoms with Crippen molar-refractivity contribution in [2.24, 2.45) is 5.73 Å². The first kappa shape index (κ1) is 16.6. The summed E-state index contributed by atoms with van der Waals surface area (Å²) >= 11 is 1.49. The van der Waals surface area contributed by atoms with Gasteiger partial charge in [0.2, 0.25) is 11.8 Å². The fourth-order valence-corrected chi connectivity index (χ4v) is 2.64. The molecule has 2 N–H and O–H groups in total. The third-order valence-electron chi connectivity index (χ3n) is 3.23. The van der Waals surface area contributed by atoms with E-state index in [1.54, 1.807) is 10.4 Å². The van der Waals surface area contributed by atoms with Gasteiger partial charge in [-0.25, -0.2) is 4.98 Å². The highest BCUT2D eigenvalue weighted by Gasteiger charge is 2.22. The lowest BCUT2D eigenvalue weighted by atomic mass is 10.1. The van der Waals surface area contributed by atoms with Gasteiger partial charge < -0.3 is 15.2 Å². The number of aromatic nitrogens is 3. The molecule has 0 aliphatic rings. The molecule has 1 amide bonds. The molecule has 0 saturated carbocycles. The van der Waals surface area contributed by atoms with Crippen molar-refractivity contribution in [3.8, 4) is 0 Å². The van der Waals surface area contributed by atoms with Gasteiger partial charge in [-0.3, -0.25) is 4.79 Å². The summed E-state index contributed by atoms with van der Waals surface area (Å²) in [6.07, 6.45) is 2.12. The first-order valence-corrected chi connectivity index (χ1v) is 8.31. The van der Waals surface area contributed by atoms with Crippen LogP contribution in [0.5, 0.6) is 0 Å². The third kappa shape index (κ3) is 4.35. The molecule has 2 rings (SSSR count). The summed E-state index contributed by atoms with van der Waals surface area (Å²) in [5, 5.41) is 5.81. The molecule has 2 aromatic heterocycles. The van der Waals surface area contributed by atoms with E-state index in [0.717, 1.165) is 18.5 Å². The number of amides is 1. The van der Waals surface area contributed by atoms with Gasteiger partial charge in [0.1, 0.15) is 0 Å². The van der Waals surface area contributed by atoms with Crippen LogP contribution in [0.3, 0.4) is 0 Å². The number of hydrogen-bond acceptors (Lipinski definition) is 7. The number of rotatable bonds is 8. The smallest absolute Gasteiger partial charge is 0.240 e. The van der Waals surface area contributed by atoms with Crippen molar-refractivity contribution in [1.29, 1.82) is 0 Å². The largest absolute Gasteiger partial charge is 0.339 e. The molecule has 0 unspecified atom stereocenters. The van der Waals surface area contributed by atoms with E-state index in [-0.39, 0.29) is 5.91 Å². The van der Waals surface area contributed by atoms with Crippen LogP contribution in [-0.4, -0.2) is 38.5 Å². The average molecular weight is 323 g/mol. The minimum absolute atomic E-state index is 0.127. The van der Waals surface area contributed by atoms with E-state index in [1.807, 2.05) is 19.2 Å². The van der Waals surface area contributed by atoms with Gasteiger partial charge in [-0.1, -0.05) is 12.1 Å². The lowest BCUT2D eigenvalue weighted by Crippen LogP contribution is -2.44. The van der Waals surface area contributed by atoms with Crippen LogP contribution in [0.1, 0.15) is 37.7 Å². The standard InChI is InChI=1S/C14H21N5O2S/c1-3-5-13-17-12(18-21-13)7-19(4-2)14(20)11(15)6-10-8-22-9-16-10/h8-9,11H,3-7,15H2,1-2H3/t11-/m0/s1. The average Bonchev–Trinajstić information content (AvgIpc) is 3.16. The molecule has 0 fully saturated rings. The summed E-state index contributed by atoms with van der Waals surface area (Å²) in [5.41, 5.74) is 8.57. The number of thiazole rings is 1. The SMILES string of the molecule is CCCc1nc(CN(CC)C(=O)[C@@H](N)Cc2cscn2)no1. The molecule has 22 heavy (non-hydrogen) atoms. The summed E-state index contributed by atoms with van der Waals surface area (Å²) in [6.45, 7) is 4.80. The van der Waals surface area contributed by atoms with E-state index >= 15 is 0 Å². The summed E-state index contributed by atoms with van der Waals surface area (Å²) in [5.74, 6) is 0.990. The molecule has 0 aliphatic carbocycles. The number of aryl methyl sites for hydroxylation is 1. The van der Waals surface area contributed by atoms with Gasteiger partial charge in [-0.2, -0.15) is 4.98 Å². The quantitative estimate of drug-likeness (QED) is 0.788. The van der Waals surface area contributed by atoms with Crippen molar-refractivity contribution >= 4 is 17.2 Å². The van der Waals surface area contributed by atoms with Crippen LogP contribution < -0.4 is 5.73 Å². The van der Waals surface area contributed by atoms with Crippen molar-refractivity contribution in [2.45, 2.75) is 45.7 Å². The molecule has 0 saturated heterocycles. The summed E-state index contributed by atoms with van der Waals surface area (Å²) in [6, 6.07) is -0.607. The van der Waals surface area contributed by atoms with E-state index in [2.05, 4.69) is 15.1 Å². The van der Waals surface area contributed by atoms with Crippen LogP contribution in [0.25, 0.3) is 0 Å². The Morgan fingerprint density at radius 1 is 1.50 bits per heavy atom. The number of likely N-dealkylation sites (N-methyl/N-ethyl adjacent to an activating group) is 1. The zero-order valence-electron chi connectivity index (χ0n) is 12.9. The van der Waals surface area contributed by atoms with Crippen molar-refractivity contribution in [2.75, 3.05) is 6.54 Å². The van der Waals surface area contributed by atoms with Gasteiger partial charge >= 0.3 is 0 Å². The Hall–Kier alpha value is -1.80. The zero-order valence-corrected chi connectivity index (χ0v) is 13.7. The Morgan fingerprint density at radius 2 is 2.32 bits per heavy atom. The molecule has 8 heteroatoms. The molecular weight excluding hydrogens is 302 g/mol. The number of carbonyl (C=O) groups is 1. The highest BCUT2D eigenvalue weighted by molar-refractivity contribution is 7.07. The maximum atomic E-state index is 12.4. The van der Waals surface area contributed by atoms with E-state index in [1.165, 1.54) is 11.3 Å². The molecule has 0 aliphatic heterocycles. The molecule has 1 atom stereocenters. The van der Waals surface area contributed by atoms with E-state index in [4.69, 9.17) is 10.3 Å². The van der Waals surface area contributed by atoms with Gasteiger partial charge in [-0.15, -0.1) is 11.3 Å². The minimum Gasteiger partial charge on any atom is -0.339 e. The van der Waals surface area contributed by atoms with E-state index in [9.17, 15) is 4.79 Å². The molecule has 7 nitrogen and oxygen atoms in total. The molecule has 0 radical (unpaired) electrons. The fourth-order valence-electron chi connectivity index (χ4n) is 2.07. The fraction of sp³-hybridized carbons (Fsp3) is 0.571. The maximum absolute atomic E-state index is 12.4. The minimum atomic E-state index is -0.607. The van der Waals surface area contributed by atoms with Gasteiger partial charge in [0.25, 0.3) is 0 Å². The number of hydrogen-bond donors (Lipinski definition) is 1. The highest BCUT2D eigenvalue weighted by Crippen LogP contribution is 2.08. The second kappa shape index (κ2) is 8.00. The predicted molar refractivity (Wildman–Crippen MR) is 83.2 cm³/mol. The topological polar surface area (TPSA) is 98.1 Å². The number of nitrogens with two attached hydrogens (primary N) is 1. The van der Waals surface area contributed by atoms with Crippen LogP contribution in [0.15, 0.2) is 15.4 Å². The monoisotopic (exact) mass is 323 g/mol. The summed E-state index contributed by atoms with van der Waals surface area (Å²) in [7, 11) is 0. The number of nitrogens with zero attached hydrogens (tertiary/aromatic N) is 4. The van der Waals surface area contributed by atoms with Crippen LogP contribution in [0.2, 0.25) is 0 Å². The van der Waals surface area contributed by atoms with Crippen molar-refractivity contribution in [1.82, 2.24) is 20.0 Å². The lowest BCUT2D eigenvalue weighted by Gasteiger charge is -2.22. The lowest BCUT2D eigenvalue weighted by molar-refractivity contribution is -0.133. The first-order valence-electron chi connectivity index (χ1n) is 7.36. The molecule has 0 spiro atoms. The van der Waals surface area contributed by atoms with Crippen molar-refractivity contribution < 1.29 is 9.32 Å². The molecule has 0 bridgehead atoms. The molecule has 2 aromatic rings.